The molecule has 0 aliphatic rings. The zero-order chi connectivity index (χ0) is 14.7. The van der Waals surface area contributed by atoms with Crippen LogP contribution in [0.5, 0.6) is 5.75 Å². The molecule has 0 fully saturated rings. The third-order valence-electron chi connectivity index (χ3n) is 2.93. The molecule has 0 aromatic heterocycles. The highest BCUT2D eigenvalue weighted by Crippen LogP contribution is 2.24. The minimum absolute atomic E-state index is 0.0235. The van der Waals surface area contributed by atoms with Crippen molar-refractivity contribution in [3.8, 4) is 5.75 Å². The number of rotatable bonds is 4. The molecule has 4 heteroatoms. The van der Waals surface area contributed by atoms with Gasteiger partial charge in [0.05, 0.1) is 10.6 Å². The summed E-state index contributed by atoms with van der Waals surface area (Å²) in [5.74, 6) is -0.136. The number of carbonyl (C=O) groups is 1. The van der Waals surface area contributed by atoms with Gasteiger partial charge < -0.3 is 4.74 Å². The minimum Gasteiger partial charge on any atom is -0.488 e. The highest BCUT2D eigenvalue weighted by molar-refractivity contribution is 6.30. The molecular weight excluding hydrogens is 279 g/mol. The van der Waals surface area contributed by atoms with Crippen molar-refractivity contribution >= 4 is 17.4 Å². The highest BCUT2D eigenvalue weighted by atomic mass is 35.5. The van der Waals surface area contributed by atoms with E-state index in [0.29, 0.717) is 16.9 Å². The van der Waals surface area contributed by atoms with Crippen LogP contribution < -0.4 is 4.74 Å². The average Bonchev–Trinajstić information content (AvgIpc) is 2.41. The van der Waals surface area contributed by atoms with Crippen molar-refractivity contribution in [2.75, 3.05) is 0 Å². The summed E-state index contributed by atoms with van der Waals surface area (Å²) in [4.78, 5) is 11.6. The van der Waals surface area contributed by atoms with Crippen molar-refractivity contribution in [3.05, 3.63) is 63.9 Å². The van der Waals surface area contributed by atoms with E-state index in [2.05, 4.69) is 0 Å². The summed E-state index contributed by atoms with van der Waals surface area (Å²) in [5, 5.41) is 0.0572. The van der Waals surface area contributed by atoms with Gasteiger partial charge in [-0.15, -0.1) is 0 Å². The molecule has 2 rings (SSSR count). The monoisotopic (exact) mass is 292 g/mol. The molecule has 0 aliphatic carbocycles. The molecule has 0 atom stereocenters. The molecule has 20 heavy (non-hydrogen) atoms. The lowest BCUT2D eigenvalue weighted by Gasteiger charge is -2.11. The summed E-state index contributed by atoms with van der Waals surface area (Å²) < 4.78 is 19.3. The Hall–Kier alpha value is -1.87. The van der Waals surface area contributed by atoms with Crippen molar-refractivity contribution in [2.24, 2.45) is 0 Å². The summed E-state index contributed by atoms with van der Waals surface area (Å²) in [5.41, 5.74) is 1.82. The molecule has 0 spiro atoms. The van der Waals surface area contributed by atoms with Gasteiger partial charge in [0, 0.05) is 5.56 Å². The van der Waals surface area contributed by atoms with Gasteiger partial charge in [-0.1, -0.05) is 35.4 Å². The molecule has 0 bridgehead atoms. The van der Waals surface area contributed by atoms with Gasteiger partial charge in [0.1, 0.15) is 18.2 Å². The first-order valence-electron chi connectivity index (χ1n) is 6.16. The van der Waals surface area contributed by atoms with E-state index in [1.807, 2.05) is 13.0 Å². The predicted octanol–water partition coefficient (Wildman–Crippen LogP) is 4.57. The summed E-state index contributed by atoms with van der Waals surface area (Å²) in [6.07, 6.45) is 0. The zero-order valence-electron chi connectivity index (χ0n) is 11.2. The van der Waals surface area contributed by atoms with Crippen LogP contribution in [0.2, 0.25) is 5.02 Å². The first kappa shape index (κ1) is 14.5. The Morgan fingerprint density at radius 2 is 2.05 bits per heavy atom. The zero-order valence-corrected chi connectivity index (χ0v) is 12.0. The van der Waals surface area contributed by atoms with Gasteiger partial charge in [0.25, 0.3) is 0 Å². The van der Waals surface area contributed by atoms with E-state index < -0.39 is 5.82 Å². The third kappa shape index (κ3) is 3.17. The Balaban J connectivity index is 2.23. The molecule has 2 nitrogen and oxygen atoms in total. The highest BCUT2D eigenvalue weighted by Gasteiger charge is 2.11. The number of hydrogen-bond donors (Lipinski definition) is 0. The van der Waals surface area contributed by atoms with E-state index in [4.69, 9.17) is 16.3 Å². The van der Waals surface area contributed by atoms with Crippen LogP contribution >= 0.6 is 11.6 Å². The molecule has 2 aromatic rings. The summed E-state index contributed by atoms with van der Waals surface area (Å²) in [7, 11) is 0. The molecule has 104 valence electrons. The van der Waals surface area contributed by atoms with E-state index in [0.717, 1.165) is 5.56 Å². The number of halogens is 2. The number of aryl methyl sites for hydroxylation is 1. The average molecular weight is 293 g/mol. The number of hydrogen-bond acceptors (Lipinski definition) is 2. The number of benzene rings is 2. The largest absolute Gasteiger partial charge is 0.488 e. The second kappa shape index (κ2) is 6.06. The number of ketones is 1. The van der Waals surface area contributed by atoms with E-state index >= 15 is 0 Å². The quantitative estimate of drug-likeness (QED) is 0.772. The van der Waals surface area contributed by atoms with Crippen LogP contribution in [0.3, 0.4) is 0 Å². The maximum absolute atomic E-state index is 13.7. The fourth-order valence-corrected chi connectivity index (χ4v) is 2.05. The second-order valence-electron chi connectivity index (χ2n) is 4.56. The summed E-state index contributed by atoms with van der Waals surface area (Å²) in [6, 6.07) is 10.1. The van der Waals surface area contributed by atoms with Gasteiger partial charge in [0.15, 0.2) is 5.78 Å². The van der Waals surface area contributed by atoms with Crippen molar-refractivity contribution in [1.29, 1.82) is 0 Å². The van der Waals surface area contributed by atoms with Gasteiger partial charge in [-0.25, -0.2) is 4.39 Å². The third-order valence-corrected chi connectivity index (χ3v) is 3.22. The number of Topliss-reactive ketones (excluding diaryl/α,β-unsaturated/α-hetero) is 1. The number of ether oxygens (including phenoxy) is 1. The van der Waals surface area contributed by atoms with Crippen molar-refractivity contribution in [3.63, 3.8) is 0 Å². The first-order chi connectivity index (χ1) is 9.49. The molecule has 0 N–H and O–H groups in total. The Morgan fingerprint density at radius 1 is 1.30 bits per heavy atom. The van der Waals surface area contributed by atoms with Crippen molar-refractivity contribution in [2.45, 2.75) is 20.5 Å². The standard InChI is InChI=1S/C16H14ClFO2/c1-10-6-7-15(13(8-10)11(2)19)20-9-12-4-3-5-14(17)16(12)18/h3-8H,9H2,1-2H3. The SMILES string of the molecule is CC(=O)c1cc(C)ccc1OCc1cccc(Cl)c1F. The summed E-state index contributed by atoms with van der Waals surface area (Å²) in [6.45, 7) is 3.39. The molecule has 0 amide bonds. The Morgan fingerprint density at radius 3 is 2.75 bits per heavy atom. The van der Waals surface area contributed by atoms with E-state index in [1.54, 1.807) is 24.3 Å². The van der Waals surface area contributed by atoms with Crippen LogP contribution in [0.25, 0.3) is 0 Å². The Kier molecular flexibility index (Phi) is 4.40. The minimum atomic E-state index is -0.495. The molecule has 0 radical (unpaired) electrons. The Bertz CT molecular complexity index is 653. The van der Waals surface area contributed by atoms with Gasteiger partial charge in [-0.2, -0.15) is 0 Å². The fourth-order valence-electron chi connectivity index (χ4n) is 1.86. The van der Waals surface area contributed by atoms with Crippen LogP contribution in [0.15, 0.2) is 36.4 Å². The van der Waals surface area contributed by atoms with Crippen LogP contribution in [0.4, 0.5) is 4.39 Å². The lowest BCUT2D eigenvalue weighted by Crippen LogP contribution is -2.03. The molecule has 2 aromatic carbocycles. The maximum atomic E-state index is 13.7. The van der Waals surface area contributed by atoms with Gasteiger partial charge in [-0.05, 0) is 32.0 Å². The van der Waals surface area contributed by atoms with Gasteiger partial charge >= 0.3 is 0 Å². The second-order valence-corrected chi connectivity index (χ2v) is 4.96. The van der Waals surface area contributed by atoms with Crippen molar-refractivity contribution in [1.82, 2.24) is 0 Å². The van der Waals surface area contributed by atoms with Crippen LogP contribution in [-0.2, 0) is 6.61 Å². The molecule has 0 unspecified atom stereocenters. The molecule has 0 heterocycles. The smallest absolute Gasteiger partial charge is 0.163 e. The predicted molar refractivity (Wildman–Crippen MR) is 76.9 cm³/mol. The van der Waals surface area contributed by atoms with Crippen molar-refractivity contribution < 1.29 is 13.9 Å². The van der Waals surface area contributed by atoms with Crippen LogP contribution in [0.1, 0.15) is 28.4 Å². The van der Waals surface area contributed by atoms with Crippen LogP contribution in [0, 0.1) is 12.7 Å². The molecular formula is C16H14ClFO2. The summed E-state index contributed by atoms with van der Waals surface area (Å²) >= 11 is 5.71. The fraction of sp³-hybridized carbons (Fsp3) is 0.188. The van der Waals surface area contributed by atoms with E-state index in [9.17, 15) is 9.18 Å². The number of carbonyl (C=O) groups excluding carboxylic acids is 1. The topological polar surface area (TPSA) is 26.3 Å². The maximum Gasteiger partial charge on any atom is 0.163 e. The van der Waals surface area contributed by atoms with Gasteiger partial charge in [0.2, 0.25) is 0 Å². The molecule has 0 saturated carbocycles. The molecule has 0 saturated heterocycles. The van der Waals surface area contributed by atoms with E-state index in [-0.39, 0.29) is 17.4 Å². The Labute approximate surface area is 122 Å². The normalized spacial score (nSPS) is 10.4. The van der Waals surface area contributed by atoms with E-state index in [1.165, 1.54) is 13.0 Å². The first-order valence-corrected chi connectivity index (χ1v) is 6.54. The lowest BCUT2D eigenvalue weighted by atomic mass is 10.1. The van der Waals surface area contributed by atoms with Crippen LogP contribution in [-0.4, -0.2) is 5.78 Å². The lowest BCUT2D eigenvalue weighted by molar-refractivity contribution is 0.101. The van der Waals surface area contributed by atoms with Gasteiger partial charge in [-0.3, -0.25) is 4.79 Å². The molecule has 0 aliphatic heterocycles.